The Morgan fingerprint density at radius 2 is 1.95 bits per heavy atom. The van der Waals surface area contributed by atoms with E-state index in [2.05, 4.69) is 20.3 Å². The summed E-state index contributed by atoms with van der Waals surface area (Å²) < 4.78 is 28.0. The Labute approximate surface area is 117 Å². The van der Waals surface area contributed by atoms with Crippen molar-refractivity contribution in [2.24, 2.45) is 7.05 Å². The summed E-state index contributed by atoms with van der Waals surface area (Å²) >= 11 is 0. The highest BCUT2D eigenvalue weighted by Gasteiger charge is 2.28. The molecule has 0 radical (unpaired) electrons. The molecule has 0 aromatic carbocycles. The highest BCUT2D eigenvalue weighted by molar-refractivity contribution is 7.89. The van der Waals surface area contributed by atoms with Gasteiger partial charge in [0.1, 0.15) is 10.7 Å². The van der Waals surface area contributed by atoms with Crippen LogP contribution in [0.2, 0.25) is 0 Å². The van der Waals surface area contributed by atoms with Gasteiger partial charge in [-0.15, -0.1) is 0 Å². The Morgan fingerprint density at radius 1 is 1.30 bits per heavy atom. The van der Waals surface area contributed by atoms with E-state index in [9.17, 15) is 8.42 Å². The van der Waals surface area contributed by atoms with E-state index >= 15 is 0 Å². The zero-order chi connectivity index (χ0) is 15.1. The summed E-state index contributed by atoms with van der Waals surface area (Å²) in [6.45, 7) is 5.29. The molecular formula is C11H18N6O2S. The van der Waals surface area contributed by atoms with Crippen molar-refractivity contribution in [1.82, 2.24) is 29.3 Å². The van der Waals surface area contributed by atoms with Gasteiger partial charge in [-0.3, -0.25) is 9.78 Å². The Kier molecular flexibility index (Phi) is 3.65. The number of sulfonamides is 1. The normalized spacial score (nSPS) is 12.3. The molecule has 0 aliphatic rings. The van der Waals surface area contributed by atoms with Gasteiger partial charge in [0.05, 0.1) is 17.9 Å². The van der Waals surface area contributed by atoms with Crippen LogP contribution in [0.1, 0.15) is 23.0 Å². The van der Waals surface area contributed by atoms with Crippen LogP contribution in [0.15, 0.2) is 4.90 Å². The lowest BCUT2D eigenvalue weighted by molar-refractivity contribution is 0.456. The molecule has 110 valence electrons. The first kappa shape index (κ1) is 14.7. The van der Waals surface area contributed by atoms with E-state index in [0.29, 0.717) is 23.0 Å². The summed E-state index contributed by atoms with van der Waals surface area (Å²) in [5.74, 6) is 1.09. The third-order valence-corrected chi connectivity index (χ3v) is 5.17. The number of nitrogens with one attached hydrogen (secondary N) is 1. The van der Waals surface area contributed by atoms with E-state index in [1.807, 2.05) is 0 Å². The largest absolute Gasteiger partial charge is 0.271 e. The first-order chi connectivity index (χ1) is 9.23. The maximum Gasteiger partial charge on any atom is 0.246 e. The average Bonchev–Trinajstić information content (AvgIpc) is 2.84. The third-order valence-electron chi connectivity index (χ3n) is 3.12. The maximum atomic E-state index is 12.6. The molecule has 0 saturated carbocycles. The Bertz CT molecular complexity index is 730. The molecule has 9 heteroatoms. The summed E-state index contributed by atoms with van der Waals surface area (Å²) in [6, 6.07) is 0. The van der Waals surface area contributed by atoms with Gasteiger partial charge in [0.2, 0.25) is 10.0 Å². The van der Waals surface area contributed by atoms with Crippen LogP contribution in [0.3, 0.4) is 0 Å². The van der Waals surface area contributed by atoms with Crippen LogP contribution in [-0.2, 0) is 23.6 Å². The Morgan fingerprint density at radius 3 is 2.40 bits per heavy atom. The van der Waals surface area contributed by atoms with E-state index in [1.165, 1.54) is 11.4 Å². The number of aromatic amines is 1. The van der Waals surface area contributed by atoms with E-state index < -0.39 is 10.0 Å². The van der Waals surface area contributed by atoms with Crippen LogP contribution in [0.25, 0.3) is 0 Å². The molecule has 0 amide bonds. The smallest absolute Gasteiger partial charge is 0.246 e. The zero-order valence-corrected chi connectivity index (χ0v) is 13.0. The minimum Gasteiger partial charge on any atom is -0.271 e. The molecule has 0 aliphatic carbocycles. The SMILES string of the molecule is Cc1nc(CN(C)S(=O)(=O)c2c(C)nn(C)c2C)n[nH]1. The van der Waals surface area contributed by atoms with Crippen LogP contribution in [0, 0.1) is 20.8 Å². The number of hydrogen-bond donors (Lipinski definition) is 1. The fourth-order valence-corrected chi connectivity index (χ4v) is 3.54. The molecular weight excluding hydrogens is 280 g/mol. The summed E-state index contributed by atoms with van der Waals surface area (Å²) in [4.78, 5) is 4.36. The average molecular weight is 298 g/mol. The molecule has 0 unspecified atom stereocenters. The van der Waals surface area contributed by atoms with Gasteiger partial charge in [-0.2, -0.15) is 14.5 Å². The van der Waals surface area contributed by atoms with Crippen molar-refractivity contribution in [3.8, 4) is 0 Å². The second-order valence-electron chi connectivity index (χ2n) is 4.72. The van der Waals surface area contributed by atoms with E-state index in [1.54, 1.807) is 32.5 Å². The van der Waals surface area contributed by atoms with Crippen molar-refractivity contribution in [2.45, 2.75) is 32.2 Å². The predicted molar refractivity (Wildman–Crippen MR) is 72.5 cm³/mol. The fourth-order valence-electron chi connectivity index (χ4n) is 2.03. The van der Waals surface area contributed by atoms with E-state index in [0.717, 1.165) is 0 Å². The number of hydrogen-bond acceptors (Lipinski definition) is 5. The molecule has 2 rings (SSSR count). The molecule has 2 aromatic rings. The fraction of sp³-hybridized carbons (Fsp3) is 0.545. The number of H-pyrrole nitrogens is 1. The summed E-state index contributed by atoms with van der Waals surface area (Å²) in [5.41, 5.74) is 1.10. The highest BCUT2D eigenvalue weighted by atomic mass is 32.2. The van der Waals surface area contributed by atoms with E-state index in [-0.39, 0.29) is 11.4 Å². The van der Waals surface area contributed by atoms with Crippen LogP contribution >= 0.6 is 0 Å². The summed E-state index contributed by atoms with van der Waals surface area (Å²) in [5, 5.41) is 10.8. The summed E-state index contributed by atoms with van der Waals surface area (Å²) in [6.07, 6.45) is 0. The number of nitrogens with zero attached hydrogens (tertiary/aromatic N) is 5. The molecule has 2 heterocycles. The van der Waals surface area contributed by atoms with Crippen LogP contribution in [-0.4, -0.2) is 44.7 Å². The van der Waals surface area contributed by atoms with Crippen molar-refractivity contribution in [1.29, 1.82) is 0 Å². The van der Waals surface area contributed by atoms with Crippen LogP contribution < -0.4 is 0 Å². The van der Waals surface area contributed by atoms with Gasteiger partial charge in [-0.1, -0.05) is 0 Å². The second kappa shape index (κ2) is 4.98. The molecule has 2 aromatic heterocycles. The minimum absolute atomic E-state index is 0.112. The van der Waals surface area contributed by atoms with Crippen molar-refractivity contribution < 1.29 is 8.42 Å². The zero-order valence-electron chi connectivity index (χ0n) is 12.2. The monoisotopic (exact) mass is 298 g/mol. The van der Waals surface area contributed by atoms with Crippen LogP contribution in [0.4, 0.5) is 0 Å². The standard InChI is InChI=1S/C11H18N6O2S/c1-7-11(8(2)17(5)15-7)20(18,19)16(4)6-10-12-9(3)13-14-10/h6H2,1-5H3,(H,12,13,14). The first-order valence-electron chi connectivity index (χ1n) is 6.08. The molecule has 20 heavy (non-hydrogen) atoms. The van der Waals surface area contributed by atoms with Gasteiger partial charge < -0.3 is 0 Å². The molecule has 0 saturated heterocycles. The van der Waals surface area contributed by atoms with Crippen molar-refractivity contribution in [2.75, 3.05) is 7.05 Å². The molecule has 1 N–H and O–H groups in total. The number of aryl methyl sites for hydroxylation is 3. The van der Waals surface area contributed by atoms with Gasteiger partial charge in [0, 0.05) is 14.1 Å². The highest BCUT2D eigenvalue weighted by Crippen LogP contribution is 2.22. The predicted octanol–water partition coefficient (Wildman–Crippen LogP) is 0.284. The van der Waals surface area contributed by atoms with Crippen molar-refractivity contribution in [3.05, 3.63) is 23.0 Å². The lowest BCUT2D eigenvalue weighted by Crippen LogP contribution is -2.28. The maximum absolute atomic E-state index is 12.6. The minimum atomic E-state index is -3.61. The van der Waals surface area contributed by atoms with Crippen molar-refractivity contribution in [3.63, 3.8) is 0 Å². The lowest BCUT2D eigenvalue weighted by atomic mass is 10.4. The first-order valence-corrected chi connectivity index (χ1v) is 7.52. The molecule has 0 bridgehead atoms. The number of aromatic nitrogens is 5. The van der Waals surface area contributed by atoms with Crippen molar-refractivity contribution >= 4 is 10.0 Å². The topological polar surface area (TPSA) is 96.8 Å². The number of rotatable bonds is 4. The van der Waals surface area contributed by atoms with Gasteiger partial charge in [-0.25, -0.2) is 13.4 Å². The third kappa shape index (κ3) is 2.46. The van der Waals surface area contributed by atoms with E-state index in [4.69, 9.17) is 0 Å². The summed E-state index contributed by atoms with van der Waals surface area (Å²) in [7, 11) is -0.383. The quantitative estimate of drug-likeness (QED) is 0.874. The molecule has 0 atom stereocenters. The molecule has 8 nitrogen and oxygen atoms in total. The Hall–Kier alpha value is -1.74. The van der Waals surface area contributed by atoms with Gasteiger partial charge >= 0.3 is 0 Å². The van der Waals surface area contributed by atoms with Gasteiger partial charge in [-0.05, 0) is 20.8 Å². The van der Waals surface area contributed by atoms with Crippen LogP contribution in [0.5, 0.6) is 0 Å². The molecule has 0 fully saturated rings. The molecule has 0 spiro atoms. The lowest BCUT2D eigenvalue weighted by Gasteiger charge is -2.15. The molecule has 0 aliphatic heterocycles. The second-order valence-corrected chi connectivity index (χ2v) is 6.70. The van der Waals surface area contributed by atoms with Gasteiger partial charge in [0.25, 0.3) is 0 Å². The Balaban J connectivity index is 2.34. The van der Waals surface area contributed by atoms with Gasteiger partial charge in [0.15, 0.2) is 5.82 Å².